The zero-order valence-corrected chi connectivity index (χ0v) is 15.4. The molecule has 0 saturated carbocycles. The summed E-state index contributed by atoms with van der Waals surface area (Å²) >= 11 is 6.18. The van der Waals surface area contributed by atoms with E-state index >= 15 is 0 Å². The Morgan fingerprint density at radius 1 is 1.43 bits per heavy atom. The van der Waals surface area contributed by atoms with Crippen LogP contribution in [0.5, 0.6) is 0 Å². The van der Waals surface area contributed by atoms with E-state index in [4.69, 9.17) is 11.6 Å². The van der Waals surface area contributed by atoms with Crippen molar-refractivity contribution in [3.63, 3.8) is 0 Å². The Hall–Kier alpha value is -0.810. The molecule has 6 heteroatoms. The van der Waals surface area contributed by atoms with Crippen LogP contribution in [0.25, 0.3) is 0 Å². The molecule has 1 aliphatic rings. The van der Waals surface area contributed by atoms with E-state index in [0.29, 0.717) is 17.5 Å². The monoisotopic (exact) mass is 359 g/mol. The van der Waals surface area contributed by atoms with Gasteiger partial charge in [-0.2, -0.15) is 0 Å². The number of hydrogen-bond acceptors (Lipinski definition) is 3. The van der Waals surface area contributed by atoms with Crippen LogP contribution in [0, 0.1) is 5.92 Å². The molecule has 1 aliphatic heterocycles. The maximum atomic E-state index is 12.3. The van der Waals surface area contributed by atoms with Gasteiger partial charge in [0.1, 0.15) is 0 Å². The zero-order valence-electron chi connectivity index (χ0n) is 13.8. The first-order chi connectivity index (χ1) is 10.6. The molecule has 0 bridgehead atoms. The number of benzene rings is 1. The molecule has 4 nitrogen and oxygen atoms in total. The topological polar surface area (TPSA) is 44.4 Å². The summed E-state index contributed by atoms with van der Waals surface area (Å²) in [6.45, 7) is 5.46. The Bertz CT molecular complexity index is 496. The lowest BCUT2D eigenvalue weighted by Gasteiger charge is -2.32. The second kappa shape index (κ2) is 10.1. The average Bonchev–Trinajstić information content (AvgIpc) is 2.48. The van der Waals surface area contributed by atoms with E-state index in [1.54, 1.807) is 0 Å². The van der Waals surface area contributed by atoms with Crippen molar-refractivity contribution in [2.24, 2.45) is 5.92 Å². The summed E-state index contributed by atoms with van der Waals surface area (Å²) in [5.74, 6) is 0.713. The first-order valence-electron chi connectivity index (χ1n) is 8.01. The Kier molecular flexibility index (Phi) is 8.92. The van der Waals surface area contributed by atoms with E-state index in [2.05, 4.69) is 15.5 Å². The summed E-state index contributed by atoms with van der Waals surface area (Å²) in [6, 6.07) is 7.58. The molecular weight excluding hydrogens is 333 g/mol. The number of carbonyl (C=O) groups excluding carboxylic acids is 1. The van der Waals surface area contributed by atoms with Gasteiger partial charge in [-0.15, -0.1) is 12.4 Å². The van der Waals surface area contributed by atoms with Crippen molar-refractivity contribution in [3.05, 3.63) is 34.9 Å². The highest BCUT2D eigenvalue weighted by Crippen LogP contribution is 2.22. The van der Waals surface area contributed by atoms with Crippen LogP contribution in [-0.4, -0.2) is 44.0 Å². The summed E-state index contributed by atoms with van der Waals surface area (Å²) in [6.07, 6.45) is 2.41. The van der Waals surface area contributed by atoms with Crippen molar-refractivity contribution in [1.82, 2.24) is 15.5 Å². The largest absolute Gasteiger partial charge is 0.348 e. The second-order valence-electron chi connectivity index (χ2n) is 6.11. The van der Waals surface area contributed by atoms with Crippen molar-refractivity contribution in [2.75, 3.05) is 33.2 Å². The SMILES string of the molecule is CNCC1CCCN(CC(=O)NC(C)c2ccccc2Cl)C1.Cl. The van der Waals surface area contributed by atoms with Crippen LogP contribution in [0.3, 0.4) is 0 Å². The number of likely N-dealkylation sites (tertiary alicyclic amines) is 1. The predicted octanol–water partition coefficient (Wildman–Crippen LogP) is 2.87. The summed E-state index contributed by atoms with van der Waals surface area (Å²) in [5, 5.41) is 6.98. The third kappa shape index (κ3) is 6.30. The highest BCUT2D eigenvalue weighted by Gasteiger charge is 2.22. The summed E-state index contributed by atoms with van der Waals surface area (Å²) in [7, 11) is 1.98. The van der Waals surface area contributed by atoms with Crippen LogP contribution in [0.4, 0.5) is 0 Å². The Labute approximate surface area is 150 Å². The van der Waals surface area contributed by atoms with E-state index < -0.39 is 0 Å². The minimum Gasteiger partial charge on any atom is -0.348 e. The van der Waals surface area contributed by atoms with Gasteiger partial charge in [0.25, 0.3) is 0 Å². The summed E-state index contributed by atoms with van der Waals surface area (Å²) < 4.78 is 0. The van der Waals surface area contributed by atoms with Crippen LogP contribution < -0.4 is 10.6 Å². The van der Waals surface area contributed by atoms with E-state index in [-0.39, 0.29) is 24.4 Å². The number of nitrogens with one attached hydrogen (secondary N) is 2. The predicted molar refractivity (Wildman–Crippen MR) is 98.3 cm³/mol. The minimum absolute atomic E-state index is 0. The van der Waals surface area contributed by atoms with Crippen molar-refractivity contribution in [2.45, 2.75) is 25.8 Å². The lowest BCUT2D eigenvalue weighted by atomic mass is 9.98. The molecule has 0 spiro atoms. The number of halogens is 2. The van der Waals surface area contributed by atoms with Gasteiger partial charge in [0.15, 0.2) is 0 Å². The number of carbonyl (C=O) groups is 1. The molecule has 1 aromatic carbocycles. The number of rotatable bonds is 6. The van der Waals surface area contributed by atoms with E-state index in [0.717, 1.165) is 25.2 Å². The van der Waals surface area contributed by atoms with E-state index in [1.807, 2.05) is 38.2 Å². The fraction of sp³-hybridized carbons (Fsp3) is 0.588. The third-order valence-electron chi connectivity index (χ3n) is 4.21. The van der Waals surface area contributed by atoms with Crippen LogP contribution >= 0.6 is 24.0 Å². The van der Waals surface area contributed by atoms with Gasteiger partial charge in [0.2, 0.25) is 5.91 Å². The zero-order chi connectivity index (χ0) is 15.9. The molecule has 1 saturated heterocycles. The maximum Gasteiger partial charge on any atom is 0.234 e. The molecule has 2 N–H and O–H groups in total. The number of piperidine rings is 1. The second-order valence-corrected chi connectivity index (χ2v) is 6.52. The lowest BCUT2D eigenvalue weighted by molar-refractivity contribution is -0.123. The molecule has 0 radical (unpaired) electrons. The Morgan fingerprint density at radius 3 is 2.87 bits per heavy atom. The standard InChI is InChI=1S/C17H26ClN3O.ClH/c1-13(15-7-3-4-8-16(15)18)20-17(22)12-21-9-5-6-14(11-21)10-19-2;/h3-4,7-8,13-14,19H,5-6,9-12H2,1-2H3,(H,20,22);1H. The van der Waals surface area contributed by atoms with Crippen LogP contribution in [0.2, 0.25) is 5.02 Å². The van der Waals surface area contributed by atoms with Gasteiger partial charge in [-0.3, -0.25) is 9.69 Å². The molecule has 130 valence electrons. The first kappa shape index (κ1) is 20.2. The summed E-state index contributed by atoms with van der Waals surface area (Å²) in [5.41, 5.74) is 0.962. The molecular formula is C17H27Cl2N3O. The number of amides is 1. The molecule has 2 atom stereocenters. The van der Waals surface area contributed by atoms with Crippen molar-refractivity contribution < 1.29 is 4.79 Å². The minimum atomic E-state index is -0.0703. The molecule has 0 aliphatic carbocycles. The van der Waals surface area contributed by atoms with E-state index in [1.165, 1.54) is 12.8 Å². The molecule has 1 aromatic rings. The van der Waals surface area contributed by atoms with Crippen LogP contribution in [0.15, 0.2) is 24.3 Å². The maximum absolute atomic E-state index is 12.3. The molecule has 2 unspecified atom stereocenters. The molecule has 23 heavy (non-hydrogen) atoms. The fourth-order valence-electron chi connectivity index (χ4n) is 3.14. The molecule has 1 fully saturated rings. The average molecular weight is 360 g/mol. The van der Waals surface area contributed by atoms with Crippen LogP contribution in [0.1, 0.15) is 31.4 Å². The highest BCUT2D eigenvalue weighted by molar-refractivity contribution is 6.31. The quantitative estimate of drug-likeness (QED) is 0.820. The first-order valence-corrected chi connectivity index (χ1v) is 8.38. The van der Waals surface area contributed by atoms with Crippen molar-refractivity contribution in [3.8, 4) is 0 Å². The van der Waals surface area contributed by atoms with Gasteiger partial charge in [-0.1, -0.05) is 29.8 Å². The Morgan fingerprint density at radius 2 is 2.17 bits per heavy atom. The Balaban J connectivity index is 0.00000264. The van der Waals surface area contributed by atoms with Gasteiger partial charge in [-0.25, -0.2) is 0 Å². The summed E-state index contributed by atoms with van der Waals surface area (Å²) in [4.78, 5) is 14.5. The molecule has 2 rings (SSSR count). The molecule has 1 heterocycles. The van der Waals surface area contributed by atoms with Gasteiger partial charge in [0, 0.05) is 11.6 Å². The highest BCUT2D eigenvalue weighted by atomic mass is 35.5. The lowest BCUT2D eigenvalue weighted by Crippen LogP contribution is -2.44. The van der Waals surface area contributed by atoms with Crippen LogP contribution in [-0.2, 0) is 4.79 Å². The fourth-order valence-corrected chi connectivity index (χ4v) is 3.44. The molecule has 0 aromatic heterocycles. The smallest absolute Gasteiger partial charge is 0.234 e. The van der Waals surface area contributed by atoms with Crippen molar-refractivity contribution >= 4 is 29.9 Å². The van der Waals surface area contributed by atoms with Gasteiger partial charge in [0.05, 0.1) is 12.6 Å². The van der Waals surface area contributed by atoms with Gasteiger partial charge < -0.3 is 10.6 Å². The third-order valence-corrected chi connectivity index (χ3v) is 4.56. The normalized spacial score (nSPS) is 19.7. The van der Waals surface area contributed by atoms with Crippen molar-refractivity contribution in [1.29, 1.82) is 0 Å². The molecule has 1 amide bonds. The number of nitrogens with zero attached hydrogens (tertiary/aromatic N) is 1. The van der Waals surface area contributed by atoms with E-state index in [9.17, 15) is 4.79 Å². The number of hydrogen-bond donors (Lipinski definition) is 2. The van der Waals surface area contributed by atoms with Gasteiger partial charge in [-0.05, 0) is 57.5 Å². The van der Waals surface area contributed by atoms with Gasteiger partial charge >= 0.3 is 0 Å².